The van der Waals surface area contributed by atoms with Gasteiger partial charge in [0.1, 0.15) is 5.75 Å². The van der Waals surface area contributed by atoms with Gasteiger partial charge in [0, 0.05) is 11.4 Å². The Morgan fingerprint density at radius 2 is 2.12 bits per heavy atom. The minimum atomic E-state index is -0.00927. The van der Waals surface area contributed by atoms with Crippen molar-refractivity contribution in [2.75, 3.05) is 7.11 Å². The Kier molecular flexibility index (Phi) is 4.14. The van der Waals surface area contributed by atoms with Crippen LogP contribution in [0.1, 0.15) is 48.7 Å². The van der Waals surface area contributed by atoms with Gasteiger partial charge in [0.15, 0.2) is 0 Å². The maximum atomic E-state index is 12.9. The van der Waals surface area contributed by atoms with Gasteiger partial charge < -0.3 is 10.1 Å². The molecule has 0 saturated heterocycles. The fraction of sp³-hybridized carbons (Fsp3) is 0.524. The number of hydrogen-bond acceptors (Lipinski definition) is 3. The Hall–Kier alpha value is -2.10. The standard InChI is InChI=1S/C21H26N2O2/c1-12(18-9-14-4-5-15(18)8-14)23-21(24)19-11-16-10-17(25-3)6-7-20(16)22-13(19)2/h6-7,10-12,14-15,18H,4-5,8-9H2,1-3H3,(H,23,24). The first-order chi connectivity index (χ1) is 12.0. The molecule has 0 radical (unpaired) electrons. The first-order valence-electron chi connectivity index (χ1n) is 9.31. The molecule has 0 aliphatic heterocycles. The summed E-state index contributed by atoms with van der Waals surface area (Å²) in [4.78, 5) is 17.5. The summed E-state index contributed by atoms with van der Waals surface area (Å²) in [5, 5.41) is 4.18. The quantitative estimate of drug-likeness (QED) is 0.913. The Morgan fingerprint density at radius 3 is 2.80 bits per heavy atom. The number of methoxy groups -OCH3 is 1. The lowest BCUT2D eigenvalue weighted by Crippen LogP contribution is -2.40. The van der Waals surface area contributed by atoms with Crippen LogP contribution >= 0.6 is 0 Å². The van der Waals surface area contributed by atoms with Gasteiger partial charge in [-0.15, -0.1) is 0 Å². The lowest BCUT2D eigenvalue weighted by Gasteiger charge is -2.28. The second-order valence-electron chi connectivity index (χ2n) is 7.78. The van der Waals surface area contributed by atoms with Crippen molar-refractivity contribution < 1.29 is 9.53 Å². The van der Waals surface area contributed by atoms with Crippen molar-refractivity contribution in [2.45, 2.75) is 45.6 Å². The zero-order chi connectivity index (χ0) is 17.6. The van der Waals surface area contributed by atoms with Crippen LogP contribution in [0.15, 0.2) is 24.3 Å². The van der Waals surface area contributed by atoms with Crippen LogP contribution in [0.2, 0.25) is 0 Å². The number of rotatable bonds is 4. The van der Waals surface area contributed by atoms with E-state index in [0.717, 1.165) is 34.2 Å². The molecule has 132 valence electrons. The predicted molar refractivity (Wildman–Crippen MR) is 98.9 cm³/mol. The molecule has 4 unspecified atom stereocenters. The number of nitrogens with zero attached hydrogens (tertiary/aromatic N) is 1. The third-order valence-corrected chi connectivity index (χ3v) is 6.25. The monoisotopic (exact) mass is 338 g/mol. The number of aryl methyl sites for hydroxylation is 1. The van der Waals surface area contributed by atoms with E-state index in [-0.39, 0.29) is 11.9 Å². The van der Waals surface area contributed by atoms with Crippen molar-refractivity contribution >= 4 is 16.8 Å². The maximum Gasteiger partial charge on any atom is 0.253 e. The van der Waals surface area contributed by atoms with Gasteiger partial charge >= 0.3 is 0 Å². The van der Waals surface area contributed by atoms with Crippen molar-refractivity contribution in [3.8, 4) is 5.75 Å². The van der Waals surface area contributed by atoms with Crippen LogP contribution < -0.4 is 10.1 Å². The van der Waals surface area contributed by atoms with E-state index >= 15 is 0 Å². The summed E-state index contributed by atoms with van der Waals surface area (Å²) >= 11 is 0. The van der Waals surface area contributed by atoms with Gasteiger partial charge in [-0.2, -0.15) is 0 Å². The van der Waals surface area contributed by atoms with Gasteiger partial charge in [-0.1, -0.05) is 6.42 Å². The number of benzene rings is 1. The maximum absolute atomic E-state index is 12.9. The summed E-state index contributed by atoms with van der Waals surface area (Å²) < 4.78 is 5.28. The molecule has 4 atom stereocenters. The van der Waals surface area contributed by atoms with Crippen molar-refractivity contribution in [1.82, 2.24) is 10.3 Å². The molecule has 1 aromatic heterocycles. The number of carbonyl (C=O) groups excluding carboxylic acids is 1. The van der Waals surface area contributed by atoms with E-state index in [1.807, 2.05) is 31.2 Å². The number of hydrogen-bond donors (Lipinski definition) is 1. The second kappa shape index (κ2) is 6.32. The fourth-order valence-electron chi connectivity index (χ4n) is 4.91. The topological polar surface area (TPSA) is 51.2 Å². The summed E-state index contributed by atoms with van der Waals surface area (Å²) in [5.74, 6) is 3.10. The number of ether oxygens (including phenoxy) is 1. The van der Waals surface area contributed by atoms with E-state index in [2.05, 4.69) is 17.2 Å². The highest BCUT2D eigenvalue weighted by molar-refractivity contribution is 5.99. The third kappa shape index (κ3) is 2.99. The zero-order valence-corrected chi connectivity index (χ0v) is 15.2. The molecular weight excluding hydrogens is 312 g/mol. The largest absolute Gasteiger partial charge is 0.497 e. The van der Waals surface area contributed by atoms with Gasteiger partial charge in [0.2, 0.25) is 0 Å². The number of fused-ring (bicyclic) bond motifs is 3. The molecular formula is C21H26N2O2. The normalized spacial score (nSPS) is 26.0. The van der Waals surface area contributed by atoms with E-state index < -0.39 is 0 Å². The highest BCUT2D eigenvalue weighted by Crippen LogP contribution is 2.49. The van der Waals surface area contributed by atoms with E-state index in [1.54, 1.807) is 7.11 Å². The van der Waals surface area contributed by atoms with Crippen molar-refractivity contribution in [3.05, 3.63) is 35.5 Å². The minimum Gasteiger partial charge on any atom is -0.497 e. The van der Waals surface area contributed by atoms with Gasteiger partial charge in [-0.25, -0.2) is 0 Å². The molecule has 4 rings (SSSR count). The van der Waals surface area contributed by atoms with Crippen LogP contribution in [-0.2, 0) is 0 Å². The van der Waals surface area contributed by atoms with Gasteiger partial charge in [-0.3, -0.25) is 9.78 Å². The molecule has 2 aliphatic rings. The first-order valence-corrected chi connectivity index (χ1v) is 9.31. The molecule has 2 aliphatic carbocycles. The van der Waals surface area contributed by atoms with E-state index in [0.29, 0.717) is 11.5 Å². The lowest BCUT2D eigenvalue weighted by molar-refractivity contribution is 0.0914. The zero-order valence-electron chi connectivity index (χ0n) is 15.2. The Balaban J connectivity index is 1.55. The average molecular weight is 338 g/mol. The van der Waals surface area contributed by atoms with Gasteiger partial charge in [0.05, 0.1) is 23.9 Å². The highest BCUT2D eigenvalue weighted by Gasteiger charge is 2.42. The number of amides is 1. The lowest BCUT2D eigenvalue weighted by atomic mass is 9.84. The fourth-order valence-corrected chi connectivity index (χ4v) is 4.91. The van der Waals surface area contributed by atoms with Gasteiger partial charge in [0.25, 0.3) is 5.91 Å². The Morgan fingerprint density at radius 1 is 1.28 bits per heavy atom. The van der Waals surface area contributed by atoms with Crippen LogP contribution in [-0.4, -0.2) is 24.0 Å². The molecule has 25 heavy (non-hydrogen) atoms. The van der Waals surface area contributed by atoms with E-state index in [4.69, 9.17) is 4.74 Å². The summed E-state index contributed by atoms with van der Waals surface area (Å²) in [7, 11) is 1.65. The SMILES string of the molecule is COc1ccc2nc(C)c(C(=O)NC(C)C3CC4CCC3C4)cc2c1. The molecule has 2 aromatic rings. The van der Waals surface area contributed by atoms with Crippen LogP contribution in [0.5, 0.6) is 5.75 Å². The van der Waals surface area contributed by atoms with E-state index in [1.165, 1.54) is 25.7 Å². The summed E-state index contributed by atoms with van der Waals surface area (Å²) in [6.45, 7) is 4.07. The summed E-state index contributed by atoms with van der Waals surface area (Å²) in [5.41, 5.74) is 2.32. The highest BCUT2D eigenvalue weighted by atomic mass is 16.5. The van der Waals surface area contributed by atoms with Crippen LogP contribution in [0.4, 0.5) is 0 Å². The minimum absolute atomic E-state index is 0.00927. The number of aromatic nitrogens is 1. The summed E-state index contributed by atoms with van der Waals surface area (Å²) in [6.07, 6.45) is 5.36. The smallest absolute Gasteiger partial charge is 0.253 e. The molecule has 0 spiro atoms. The number of carbonyl (C=O) groups is 1. The van der Waals surface area contributed by atoms with Crippen molar-refractivity contribution in [2.24, 2.45) is 17.8 Å². The van der Waals surface area contributed by atoms with E-state index in [9.17, 15) is 4.79 Å². The molecule has 2 fully saturated rings. The van der Waals surface area contributed by atoms with Crippen molar-refractivity contribution in [3.63, 3.8) is 0 Å². The molecule has 2 saturated carbocycles. The van der Waals surface area contributed by atoms with Gasteiger partial charge in [-0.05, 0) is 75.1 Å². The second-order valence-corrected chi connectivity index (χ2v) is 7.78. The third-order valence-electron chi connectivity index (χ3n) is 6.25. The van der Waals surface area contributed by atoms with Crippen molar-refractivity contribution in [1.29, 1.82) is 0 Å². The summed E-state index contributed by atoms with van der Waals surface area (Å²) in [6, 6.07) is 7.91. The molecule has 2 bridgehead atoms. The molecule has 1 N–H and O–H groups in total. The molecule has 1 aromatic carbocycles. The van der Waals surface area contributed by atoms with Crippen LogP contribution in [0, 0.1) is 24.7 Å². The average Bonchev–Trinajstić information content (AvgIpc) is 3.24. The number of nitrogens with one attached hydrogen (secondary N) is 1. The predicted octanol–water partition coefficient (Wildman–Crippen LogP) is 4.11. The van der Waals surface area contributed by atoms with Crippen LogP contribution in [0.25, 0.3) is 10.9 Å². The number of pyridine rings is 1. The van der Waals surface area contributed by atoms with Crippen LogP contribution in [0.3, 0.4) is 0 Å². The first kappa shape index (κ1) is 16.4. The molecule has 1 amide bonds. The molecule has 4 nitrogen and oxygen atoms in total. The Bertz CT molecular complexity index is 817. The Labute approximate surface area is 149 Å². The molecule has 1 heterocycles. The molecule has 4 heteroatoms.